The predicted molar refractivity (Wildman–Crippen MR) is 97.9 cm³/mol. The maximum absolute atomic E-state index is 5.72. The number of ether oxygens (including phenoxy) is 2. The van der Waals surface area contributed by atoms with Crippen LogP contribution in [0.25, 0.3) is 0 Å². The molecule has 0 radical (unpaired) electrons. The van der Waals surface area contributed by atoms with Gasteiger partial charge in [-0.25, -0.2) is 9.97 Å². The number of methoxy groups -OCH3 is 1. The van der Waals surface area contributed by atoms with Crippen molar-refractivity contribution < 1.29 is 9.47 Å². The number of morpholine rings is 1. The van der Waals surface area contributed by atoms with Crippen molar-refractivity contribution in [3.05, 3.63) is 47.9 Å². The molecule has 6 heteroatoms. The van der Waals surface area contributed by atoms with Gasteiger partial charge in [0.05, 0.1) is 26.4 Å². The minimum Gasteiger partial charge on any atom is -0.496 e. The van der Waals surface area contributed by atoms with Gasteiger partial charge in [0.1, 0.15) is 17.4 Å². The topological polar surface area (TPSA) is 50.7 Å². The molecular formula is C19H26N4O2. The fourth-order valence-electron chi connectivity index (χ4n) is 3.02. The molecule has 1 aromatic heterocycles. The summed E-state index contributed by atoms with van der Waals surface area (Å²) < 4.78 is 11.2. The number of hydrogen-bond donors (Lipinski definition) is 0. The monoisotopic (exact) mass is 342 g/mol. The largest absolute Gasteiger partial charge is 0.496 e. The normalized spacial score (nSPS) is 18.1. The van der Waals surface area contributed by atoms with Gasteiger partial charge in [-0.3, -0.25) is 4.90 Å². The summed E-state index contributed by atoms with van der Waals surface area (Å²) in [5.41, 5.74) is 1.17. The third-order valence-electron chi connectivity index (χ3n) is 4.63. The van der Waals surface area contributed by atoms with Crippen LogP contribution >= 0.6 is 0 Å². The standard InChI is InChI=1S/C19H26N4O2/c1-4-22(2)18-9-10-20-19(21-18)16-14-25-12-11-23(16)13-15-7-5-6-8-17(15)24-3/h5-10,16H,4,11-14H2,1-3H3. The molecule has 1 aromatic carbocycles. The molecule has 1 aliphatic rings. The Morgan fingerprint density at radius 2 is 2.16 bits per heavy atom. The average Bonchev–Trinajstić information content (AvgIpc) is 2.68. The maximum atomic E-state index is 5.72. The maximum Gasteiger partial charge on any atom is 0.150 e. The van der Waals surface area contributed by atoms with Crippen LogP contribution < -0.4 is 9.64 Å². The first-order valence-corrected chi connectivity index (χ1v) is 8.70. The molecule has 1 unspecified atom stereocenters. The van der Waals surface area contributed by atoms with Crippen LogP contribution in [-0.4, -0.2) is 55.3 Å². The van der Waals surface area contributed by atoms with Crippen LogP contribution in [-0.2, 0) is 11.3 Å². The summed E-state index contributed by atoms with van der Waals surface area (Å²) in [5.74, 6) is 2.66. The van der Waals surface area contributed by atoms with Crippen LogP contribution in [0.3, 0.4) is 0 Å². The van der Waals surface area contributed by atoms with E-state index in [0.29, 0.717) is 6.61 Å². The summed E-state index contributed by atoms with van der Waals surface area (Å²) in [6, 6.07) is 10.1. The van der Waals surface area contributed by atoms with Gasteiger partial charge in [-0.15, -0.1) is 0 Å². The van der Waals surface area contributed by atoms with Crippen LogP contribution in [0.15, 0.2) is 36.5 Å². The van der Waals surface area contributed by atoms with Crippen molar-refractivity contribution in [3.8, 4) is 5.75 Å². The Balaban J connectivity index is 1.84. The number of benzene rings is 1. The van der Waals surface area contributed by atoms with Gasteiger partial charge in [0.25, 0.3) is 0 Å². The number of rotatable bonds is 6. The van der Waals surface area contributed by atoms with Gasteiger partial charge >= 0.3 is 0 Å². The van der Waals surface area contributed by atoms with E-state index in [4.69, 9.17) is 14.5 Å². The van der Waals surface area contributed by atoms with E-state index in [1.807, 2.05) is 37.5 Å². The molecule has 1 saturated heterocycles. The first-order valence-electron chi connectivity index (χ1n) is 8.70. The summed E-state index contributed by atoms with van der Waals surface area (Å²) in [7, 11) is 3.75. The predicted octanol–water partition coefficient (Wildman–Crippen LogP) is 2.51. The lowest BCUT2D eigenvalue weighted by atomic mass is 10.1. The molecule has 25 heavy (non-hydrogen) atoms. The molecule has 0 spiro atoms. The molecule has 1 aliphatic heterocycles. The number of para-hydroxylation sites is 1. The first-order chi connectivity index (χ1) is 12.2. The van der Waals surface area contributed by atoms with Crippen molar-refractivity contribution in [2.75, 3.05) is 45.4 Å². The quantitative estimate of drug-likeness (QED) is 0.804. The number of hydrogen-bond acceptors (Lipinski definition) is 6. The van der Waals surface area contributed by atoms with Gasteiger partial charge in [0, 0.05) is 38.4 Å². The Morgan fingerprint density at radius 1 is 1.32 bits per heavy atom. The summed E-state index contributed by atoms with van der Waals surface area (Å²) >= 11 is 0. The number of anilines is 1. The Labute approximate surface area is 149 Å². The lowest BCUT2D eigenvalue weighted by Gasteiger charge is -2.35. The zero-order chi connectivity index (χ0) is 17.6. The van der Waals surface area contributed by atoms with E-state index >= 15 is 0 Å². The number of nitrogens with zero attached hydrogens (tertiary/aromatic N) is 4. The molecule has 134 valence electrons. The molecule has 6 nitrogen and oxygen atoms in total. The second-order valence-electron chi connectivity index (χ2n) is 6.16. The number of aromatic nitrogens is 2. The molecule has 3 rings (SSSR count). The van der Waals surface area contributed by atoms with E-state index in [0.717, 1.165) is 43.6 Å². The van der Waals surface area contributed by atoms with E-state index in [1.54, 1.807) is 7.11 Å². The van der Waals surface area contributed by atoms with E-state index in [2.05, 4.69) is 27.8 Å². The Morgan fingerprint density at radius 3 is 2.96 bits per heavy atom. The lowest BCUT2D eigenvalue weighted by Crippen LogP contribution is -2.40. The summed E-state index contributed by atoms with van der Waals surface area (Å²) in [6.07, 6.45) is 1.83. The summed E-state index contributed by atoms with van der Waals surface area (Å²) in [6.45, 7) is 5.98. The highest BCUT2D eigenvalue weighted by Crippen LogP contribution is 2.27. The highest BCUT2D eigenvalue weighted by Gasteiger charge is 2.28. The van der Waals surface area contributed by atoms with E-state index < -0.39 is 0 Å². The molecule has 0 amide bonds. The third-order valence-corrected chi connectivity index (χ3v) is 4.63. The second-order valence-corrected chi connectivity index (χ2v) is 6.16. The van der Waals surface area contributed by atoms with Crippen LogP contribution in [0.5, 0.6) is 5.75 Å². The average molecular weight is 342 g/mol. The van der Waals surface area contributed by atoms with Gasteiger partial charge in [0.15, 0.2) is 0 Å². The molecule has 0 N–H and O–H groups in total. The highest BCUT2D eigenvalue weighted by atomic mass is 16.5. The second kappa shape index (κ2) is 8.27. The summed E-state index contributed by atoms with van der Waals surface area (Å²) in [4.78, 5) is 13.8. The van der Waals surface area contributed by atoms with E-state index in [1.165, 1.54) is 5.56 Å². The van der Waals surface area contributed by atoms with Gasteiger partial charge in [-0.1, -0.05) is 18.2 Å². The lowest BCUT2D eigenvalue weighted by molar-refractivity contribution is -0.0161. The van der Waals surface area contributed by atoms with Crippen LogP contribution in [0, 0.1) is 0 Å². The minimum absolute atomic E-state index is 0.0452. The fourth-order valence-corrected chi connectivity index (χ4v) is 3.02. The fraction of sp³-hybridized carbons (Fsp3) is 0.474. The molecule has 0 aliphatic carbocycles. The molecular weight excluding hydrogens is 316 g/mol. The van der Waals surface area contributed by atoms with Gasteiger partial charge in [-0.05, 0) is 19.1 Å². The molecule has 0 saturated carbocycles. The van der Waals surface area contributed by atoms with Gasteiger partial charge in [0.2, 0.25) is 0 Å². The molecule has 0 bridgehead atoms. The first kappa shape index (κ1) is 17.6. The summed E-state index contributed by atoms with van der Waals surface area (Å²) in [5, 5.41) is 0. The molecule has 1 atom stereocenters. The van der Waals surface area contributed by atoms with Gasteiger partial charge < -0.3 is 14.4 Å². The van der Waals surface area contributed by atoms with Crippen LogP contribution in [0.4, 0.5) is 5.82 Å². The minimum atomic E-state index is 0.0452. The van der Waals surface area contributed by atoms with Crippen molar-refractivity contribution >= 4 is 5.82 Å². The molecule has 2 heterocycles. The zero-order valence-electron chi connectivity index (χ0n) is 15.2. The van der Waals surface area contributed by atoms with Crippen molar-refractivity contribution in [1.82, 2.24) is 14.9 Å². The van der Waals surface area contributed by atoms with Gasteiger partial charge in [-0.2, -0.15) is 0 Å². The van der Waals surface area contributed by atoms with Crippen molar-refractivity contribution in [3.63, 3.8) is 0 Å². The zero-order valence-corrected chi connectivity index (χ0v) is 15.2. The van der Waals surface area contributed by atoms with Crippen LogP contribution in [0.2, 0.25) is 0 Å². The van der Waals surface area contributed by atoms with E-state index in [-0.39, 0.29) is 6.04 Å². The Hall–Kier alpha value is -2.18. The van der Waals surface area contributed by atoms with Crippen molar-refractivity contribution in [2.45, 2.75) is 19.5 Å². The third kappa shape index (κ3) is 4.08. The highest BCUT2D eigenvalue weighted by molar-refractivity contribution is 5.36. The van der Waals surface area contributed by atoms with Crippen molar-refractivity contribution in [1.29, 1.82) is 0 Å². The molecule has 2 aromatic rings. The molecule has 1 fully saturated rings. The van der Waals surface area contributed by atoms with Crippen LogP contribution in [0.1, 0.15) is 24.4 Å². The van der Waals surface area contributed by atoms with Crippen molar-refractivity contribution in [2.24, 2.45) is 0 Å². The van der Waals surface area contributed by atoms with E-state index in [9.17, 15) is 0 Å². The SMILES string of the molecule is CCN(C)c1ccnc(C2COCCN2Cc2ccccc2OC)n1. The Bertz CT molecular complexity index is 695. The Kier molecular flexibility index (Phi) is 5.83. The smallest absolute Gasteiger partial charge is 0.150 e.